The third kappa shape index (κ3) is 3.76. The summed E-state index contributed by atoms with van der Waals surface area (Å²) in [6, 6.07) is 1.62. The van der Waals surface area contributed by atoms with Gasteiger partial charge in [-0.05, 0) is 44.9 Å². The molecule has 7 heteroatoms. The van der Waals surface area contributed by atoms with Gasteiger partial charge in [0.05, 0.1) is 11.5 Å². The first kappa shape index (κ1) is 16.3. The fourth-order valence-corrected chi connectivity index (χ4v) is 6.11. The van der Waals surface area contributed by atoms with Crippen molar-refractivity contribution in [3.63, 3.8) is 0 Å². The second kappa shape index (κ2) is 6.79. The predicted octanol–water partition coefficient (Wildman–Crippen LogP) is 2.50. The fraction of sp³-hybridized carbons (Fsp3) is 0.692. The number of sulfonamides is 1. The van der Waals surface area contributed by atoms with Crippen molar-refractivity contribution in [2.45, 2.75) is 55.4 Å². The van der Waals surface area contributed by atoms with Crippen molar-refractivity contribution in [3.05, 3.63) is 15.8 Å². The smallest absolute Gasteiger partial charge is 0.241 e. The van der Waals surface area contributed by atoms with Crippen LogP contribution in [0.15, 0.2) is 11.0 Å². The molecule has 1 aromatic heterocycles. The number of rotatable bonds is 5. The van der Waals surface area contributed by atoms with Crippen molar-refractivity contribution in [2.75, 3.05) is 6.26 Å². The minimum absolute atomic E-state index is 0.0419. The topological polar surface area (TPSA) is 66.4 Å². The number of aliphatic hydroxyl groups is 1. The highest BCUT2D eigenvalue weighted by Gasteiger charge is 2.27. The molecule has 0 spiro atoms. The van der Waals surface area contributed by atoms with Gasteiger partial charge in [-0.15, -0.1) is 11.3 Å². The fourth-order valence-electron chi connectivity index (χ4n) is 2.57. The summed E-state index contributed by atoms with van der Waals surface area (Å²) in [5.74, 6) is 0. The van der Waals surface area contributed by atoms with Crippen LogP contribution in [-0.2, 0) is 16.6 Å². The Labute approximate surface area is 129 Å². The standard InChI is InChI=1S/C13H21NO3S3/c1-9-13(7-12(8-15)19-9)20(16,17)14-10-3-5-11(18-2)6-4-10/h7,10-11,14-15H,3-6,8H2,1-2H3. The molecule has 4 nitrogen and oxygen atoms in total. The van der Waals surface area contributed by atoms with Crippen molar-refractivity contribution in [2.24, 2.45) is 0 Å². The summed E-state index contributed by atoms with van der Waals surface area (Å²) in [6.07, 6.45) is 6.06. The molecule has 1 aromatic rings. The summed E-state index contributed by atoms with van der Waals surface area (Å²) < 4.78 is 27.6. The van der Waals surface area contributed by atoms with E-state index in [1.165, 1.54) is 11.3 Å². The maximum absolute atomic E-state index is 12.4. The van der Waals surface area contributed by atoms with Crippen LogP contribution in [0.1, 0.15) is 35.4 Å². The van der Waals surface area contributed by atoms with Gasteiger partial charge in [0.1, 0.15) is 0 Å². The van der Waals surface area contributed by atoms with Crippen molar-refractivity contribution in [3.8, 4) is 0 Å². The zero-order valence-corrected chi connectivity index (χ0v) is 14.2. The maximum Gasteiger partial charge on any atom is 0.241 e. The molecule has 0 radical (unpaired) electrons. The maximum atomic E-state index is 12.4. The molecule has 0 unspecified atom stereocenters. The molecule has 114 valence electrons. The lowest BCUT2D eigenvalue weighted by Gasteiger charge is -2.27. The molecular weight excluding hydrogens is 314 g/mol. The summed E-state index contributed by atoms with van der Waals surface area (Å²) in [5, 5.41) is 9.78. The van der Waals surface area contributed by atoms with Crippen LogP contribution in [0.25, 0.3) is 0 Å². The van der Waals surface area contributed by atoms with E-state index in [4.69, 9.17) is 5.11 Å². The zero-order chi connectivity index (χ0) is 14.8. The van der Waals surface area contributed by atoms with Gasteiger partial charge < -0.3 is 5.11 Å². The van der Waals surface area contributed by atoms with E-state index < -0.39 is 10.0 Å². The summed E-state index contributed by atoms with van der Waals surface area (Å²) in [5.41, 5.74) is 0. The highest BCUT2D eigenvalue weighted by atomic mass is 32.2. The number of hydrogen-bond donors (Lipinski definition) is 2. The highest BCUT2D eigenvalue weighted by molar-refractivity contribution is 7.99. The summed E-state index contributed by atoms with van der Waals surface area (Å²) in [6.45, 7) is 1.67. The van der Waals surface area contributed by atoms with Crippen LogP contribution in [0.4, 0.5) is 0 Å². The molecule has 0 saturated heterocycles. The summed E-state index contributed by atoms with van der Waals surface area (Å²) >= 11 is 3.20. The van der Waals surface area contributed by atoms with Crippen molar-refractivity contribution < 1.29 is 13.5 Å². The molecule has 2 rings (SSSR count). The molecule has 1 aliphatic carbocycles. The zero-order valence-electron chi connectivity index (χ0n) is 11.8. The number of nitrogens with one attached hydrogen (secondary N) is 1. The van der Waals surface area contributed by atoms with Gasteiger partial charge in [-0.3, -0.25) is 0 Å². The Morgan fingerprint density at radius 1 is 1.40 bits per heavy atom. The Morgan fingerprint density at radius 2 is 2.05 bits per heavy atom. The van der Waals surface area contributed by atoms with Gasteiger partial charge in [0.2, 0.25) is 10.0 Å². The van der Waals surface area contributed by atoms with Gasteiger partial charge in [0.25, 0.3) is 0 Å². The monoisotopic (exact) mass is 335 g/mol. The van der Waals surface area contributed by atoms with Crippen LogP contribution in [0.2, 0.25) is 0 Å². The Hall–Kier alpha value is -0.0800. The number of hydrogen-bond acceptors (Lipinski definition) is 5. The molecule has 0 aliphatic heterocycles. The molecule has 0 atom stereocenters. The van der Waals surface area contributed by atoms with Crippen molar-refractivity contribution in [1.29, 1.82) is 0 Å². The van der Waals surface area contributed by atoms with E-state index >= 15 is 0 Å². The van der Waals surface area contributed by atoms with Crippen LogP contribution in [-0.4, -0.2) is 31.1 Å². The van der Waals surface area contributed by atoms with Crippen LogP contribution in [0.3, 0.4) is 0 Å². The molecule has 1 saturated carbocycles. The van der Waals surface area contributed by atoms with E-state index in [0.29, 0.717) is 15.0 Å². The second-order valence-electron chi connectivity index (χ2n) is 5.12. The average molecular weight is 336 g/mol. The van der Waals surface area contributed by atoms with E-state index in [9.17, 15) is 8.42 Å². The van der Waals surface area contributed by atoms with Gasteiger partial charge in [-0.2, -0.15) is 11.8 Å². The quantitative estimate of drug-likeness (QED) is 0.868. The van der Waals surface area contributed by atoms with Gasteiger partial charge >= 0.3 is 0 Å². The van der Waals surface area contributed by atoms with Crippen LogP contribution in [0.5, 0.6) is 0 Å². The Balaban J connectivity index is 2.06. The predicted molar refractivity (Wildman–Crippen MR) is 84.9 cm³/mol. The molecule has 20 heavy (non-hydrogen) atoms. The number of thiophene rings is 1. The first-order valence-electron chi connectivity index (χ1n) is 6.71. The Kier molecular flexibility index (Phi) is 5.53. The normalized spacial score (nSPS) is 23.9. The molecule has 0 bridgehead atoms. The first-order chi connectivity index (χ1) is 9.46. The third-order valence-electron chi connectivity index (χ3n) is 3.70. The lowest BCUT2D eigenvalue weighted by Crippen LogP contribution is -2.38. The van der Waals surface area contributed by atoms with Gasteiger partial charge in [-0.25, -0.2) is 13.1 Å². The lowest BCUT2D eigenvalue weighted by atomic mass is 9.96. The van der Waals surface area contributed by atoms with E-state index in [-0.39, 0.29) is 12.6 Å². The Bertz CT molecular complexity index is 545. The Morgan fingerprint density at radius 3 is 2.55 bits per heavy atom. The third-order valence-corrected chi connectivity index (χ3v) is 7.65. The molecule has 1 aliphatic rings. The largest absolute Gasteiger partial charge is 0.391 e. The SMILES string of the molecule is CSC1CCC(NS(=O)(=O)c2cc(CO)sc2C)CC1. The van der Waals surface area contributed by atoms with Crippen LogP contribution in [0, 0.1) is 6.92 Å². The minimum atomic E-state index is -3.46. The van der Waals surface area contributed by atoms with Crippen molar-refractivity contribution in [1.82, 2.24) is 4.72 Å². The van der Waals surface area contributed by atoms with Gasteiger partial charge in [0.15, 0.2) is 0 Å². The minimum Gasteiger partial charge on any atom is -0.391 e. The summed E-state index contributed by atoms with van der Waals surface area (Å²) in [7, 11) is -3.46. The molecule has 0 amide bonds. The van der Waals surface area contributed by atoms with E-state index in [1.54, 1.807) is 13.0 Å². The molecular formula is C13H21NO3S3. The summed E-state index contributed by atoms with van der Waals surface area (Å²) in [4.78, 5) is 1.74. The highest BCUT2D eigenvalue weighted by Crippen LogP contribution is 2.29. The number of aryl methyl sites for hydroxylation is 1. The van der Waals surface area contributed by atoms with Gasteiger partial charge in [-0.1, -0.05) is 0 Å². The average Bonchev–Trinajstić information content (AvgIpc) is 2.81. The number of aliphatic hydroxyl groups excluding tert-OH is 1. The van der Waals surface area contributed by atoms with E-state index in [1.807, 2.05) is 11.8 Å². The van der Waals surface area contributed by atoms with E-state index in [0.717, 1.165) is 30.6 Å². The van der Waals surface area contributed by atoms with E-state index in [2.05, 4.69) is 11.0 Å². The van der Waals surface area contributed by atoms with Gasteiger partial charge in [0, 0.05) is 21.0 Å². The molecule has 0 aromatic carbocycles. The molecule has 1 fully saturated rings. The number of thioether (sulfide) groups is 1. The molecule has 2 N–H and O–H groups in total. The molecule has 1 heterocycles. The van der Waals surface area contributed by atoms with Crippen LogP contribution >= 0.6 is 23.1 Å². The lowest BCUT2D eigenvalue weighted by molar-refractivity contribution is 0.285. The second-order valence-corrected chi connectivity index (χ2v) is 9.28. The first-order valence-corrected chi connectivity index (χ1v) is 10.3. The van der Waals surface area contributed by atoms with Crippen LogP contribution < -0.4 is 4.72 Å². The van der Waals surface area contributed by atoms with Crippen molar-refractivity contribution >= 4 is 33.1 Å².